The highest BCUT2D eigenvalue weighted by Crippen LogP contribution is 1.98. The quantitative estimate of drug-likeness (QED) is 0.256. The van der Waals surface area contributed by atoms with Crippen molar-refractivity contribution in [2.24, 2.45) is 0 Å². The van der Waals surface area contributed by atoms with Crippen LogP contribution >= 0.6 is 0 Å². The second kappa shape index (κ2) is 7.93. The lowest BCUT2D eigenvalue weighted by Gasteiger charge is -2.22. The highest BCUT2D eigenvalue weighted by molar-refractivity contribution is 5.93. The number of aliphatic carboxylic acids is 2. The Morgan fingerprint density at radius 3 is 2.09 bits per heavy atom. The third kappa shape index (κ3) is 7.19. The molecule has 0 bridgehead atoms. The van der Waals surface area contributed by atoms with Gasteiger partial charge < -0.3 is 31.3 Å². The zero-order valence-electron chi connectivity index (χ0n) is 11.9. The van der Waals surface area contributed by atoms with Crippen LogP contribution in [0.1, 0.15) is 20.3 Å². The molecule has 0 saturated heterocycles. The van der Waals surface area contributed by atoms with E-state index in [1.54, 1.807) is 0 Å². The van der Waals surface area contributed by atoms with Crippen LogP contribution in [0.2, 0.25) is 0 Å². The third-order valence-electron chi connectivity index (χ3n) is 2.28. The predicted octanol–water partition coefficient (Wildman–Crippen LogP) is -3.01. The Kier molecular flexibility index (Phi) is 6.96. The lowest BCUT2D eigenvalue weighted by atomic mass is 10.2. The summed E-state index contributed by atoms with van der Waals surface area (Å²) in [6.45, 7) is 1.34. The fraction of sp³-hybridized carbons (Fsp3) is 0.545. The van der Waals surface area contributed by atoms with Gasteiger partial charge in [0.2, 0.25) is 17.5 Å². The number of amides is 3. The number of carboxylic acid groups (broad SMARTS) is 2. The van der Waals surface area contributed by atoms with Gasteiger partial charge in [0.1, 0.15) is 6.04 Å². The normalized spacial score (nSPS) is 14.1. The zero-order chi connectivity index (χ0) is 17.5. The number of carbonyl (C=O) groups is 5. The van der Waals surface area contributed by atoms with Crippen molar-refractivity contribution in [2.75, 3.05) is 6.54 Å². The van der Waals surface area contributed by atoms with Crippen LogP contribution < -0.4 is 16.0 Å². The molecular weight excluding hydrogens is 302 g/mol. The summed E-state index contributed by atoms with van der Waals surface area (Å²) in [6.07, 6.45) is -0.835. The Balaban J connectivity index is 4.49. The molecule has 0 heterocycles. The molecule has 0 aromatic rings. The van der Waals surface area contributed by atoms with Gasteiger partial charge in [-0.3, -0.25) is 19.2 Å². The van der Waals surface area contributed by atoms with Crippen molar-refractivity contribution in [3.05, 3.63) is 0 Å². The zero-order valence-corrected chi connectivity index (χ0v) is 11.9. The van der Waals surface area contributed by atoms with Gasteiger partial charge >= 0.3 is 11.9 Å². The van der Waals surface area contributed by atoms with E-state index in [4.69, 9.17) is 10.2 Å². The van der Waals surface area contributed by atoms with Gasteiger partial charge in [-0.2, -0.15) is 0 Å². The van der Waals surface area contributed by atoms with Gasteiger partial charge in [-0.1, -0.05) is 0 Å². The SMILES string of the molecule is CC(=O)N[C@](C)(O)C(=O)NCC(=O)N[C@@H](CC(=O)O)C(=O)O. The number of nitrogens with one attached hydrogen (secondary N) is 3. The van der Waals surface area contributed by atoms with Crippen LogP contribution in [0.4, 0.5) is 0 Å². The van der Waals surface area contributed by atoms with Crippen LogP contribution in [0.15, 0.2) is 0 Å². The molecule has 22 heavy (non-hydrogen) atoms. The second-order valence-corrected chi connectivity index (χ2v) is 4.49. The van der Waals surface area contributed by atoms with E-state index in [0.29, 0.717) is 0 Å². The minimum Gasteiger partial charge on any atom is -0.481 e. The van der Waals surface area contributed by atoms with E-state index in [-0.39, 0.29) is 0 Å². The average molecular weight is 319 g/mol. The molecule has 0 aliphatic heterocycles. The molecule has 6 N–H and O–H groups in total. The van der Waals surface area contributed by atoms with Crippen LogP contribution in [0.5, 0.6) is 0 Å². The Morgan fingerprint density at radius 2 is 1.68 bits per heavy atom. The fourth-order valence-electron chi connectivity index (χ4n) is 1.35. The minimum atomic E-state index is -2.25. The number of carboxylic acids is 2. The second-order valence-electron chi connectivity index (χ2n) is 4.49. The van der Waals surface area contributed by atoms with Crippen LogP contribution in [-0.4, -0.2) is 63.3 Å². The summed E-state index contributed by atoms with van der Waals surface area (Å²) in [7, 11) is 0. The summed E-state index contributed by atoms with van der Waals surface area (Å²) < 4.78 is 0. The Hall–Kier alpha value is -2.69. The smallest absolute Gasteiger partial charge is 0.326 e. The van der Waals surface area contributed by atoms with E-state index in [1.807, 2.05) is 16.0 Å². The maximum Gasteiger partial charge on any atom is 0.326 e. The first kappa shape index (κ1) is 19.3. The van der Waals surface area contributed by atoms with E-state index in [9.17, 15) is 29.1 Å². The molecule has 0 aromatic carbocycles. The van der Waals surface area contributed by atoms with E-state index in [2.05, 4.69) is 0 Å². The average Bonchev–Trinajstić information content (AvgIpc) is 2.32. The van der Waals surface area contributed by atoms with E-state index >= 15 is 0 Å². The van der Waals surface area contributed by atoms with Crippen molar-refractivity contribution in [3.8, 4) is 0 Å². The molecule has 2 atom stereocenters. The van der Waals surface area contributed by atoms with Crippen molar-refractivity contribution in [1.82, 2.24) is 16.0 Å². The summed E-state index contributed by atoms with van der Waals surface area (Å²) in [5, 5.41) is 32.6. The fourth-order valence-corrected chi connectivity index (χ4v) is 1.35. The van der Waals surface area contributed by atoms with Gasteiger partial charge in [-0.05, 0) is 6.92 Å². The maximum atomic E-state index is 11.5. The van der Waals surface area contributed by atoms with Gasteiger partial charge in [0.25, 0.3) is 5.91 Å². The van der Waals surface area contributed by atoms with Gasteiger partial charge in [-0.15, -0.1) is 0 Å². The van der Waals surface area contributed by atoms with Gasteiger partial charge in [0.05, 0.1) is 13.0 Å². The molecule has 0 spiro atoms. The maximum absolute atomic E-state index is 11.5. The predicted molar refractivity (Wildman–Crippen MR) is 69.3 cm³/mol. The molecule has 0 rings (SSSR count). The molecule has 0 fully saturated rings. The molecule has 0 radical (unpaired) electrons. The molecule has 11 heteroatoms. The molecule has 11 nitrogen and oxygen atoms in total. The van der Waals surface area contributed by atoms with Crippen LogP contribution in [-0.2, 0) is 24.0 Å². The summed E-state index contributed by atoms with van der Waals surface area (Å²) in [5.41, 5.74) is -2.25. The molecule has 0 aliphatic carbocycles. The minimum absolute atomic E-state index is 0.683. The molecule has 0 aromatic heterocycles. The number of hydrogen-bond donors (Lipinski definition) is 6. The van der Waals surface area contributed by atoms with Gasteiger partial charge in [0.15, 0.2) is 0 Å². The first-order valence-corrected chi connectivity index (χ1v) is 5.99. The largest absolute Gasteiger partial charge is 0.481 e. The summed E-state index contributed by atoms with van der Waals surface area (Å²) in [5.74, 6) is -5.72. The Bertz CT molecular complexity index is 488. The van der Waals surface area contributed by atoms with Crippen LogP contribution in [0.3, 0.4) is 0 Å². The summed E-state index contributed by atoms with van der Waals surface area (Å²) in [6, 6.07) is -1.65. The van der Waals surface area contributed by atoms with E-state index in [0.717, 1.165) is 13.8 Å². The summed E-state index contributed by atoms with van der Waals surface area (Å²) >= 11 is 0. The van der Waals surface area contributed by atoms with Crippen molar-refractivity contribution >= 4 is 29.7 Å². The van der Waals surface area contributed by atoms with Crippen molar-refractivity contribution in [3.63, 3.8) is 0 Å². The van der Waals surface area contributed by atoms with E-state index < -0.39 is 54.4 Å². The van der Waals surface area contributed by atoms with Crippen molar-refractivity contribution in [1.29, 1.82) is 0 Å². The standard InChI is InChI=1S/C11H17N3O8/c1-5(15)14-11(2,22)10(21)12-4-7(16)13-6(9(19)20)3-8(17)18/h6,22H,3-4H2,1-2H3,(H,12,21)(H,13,16)(H,14,15)(H,17,18)(H,19,20)/t6-,11+/m0/s1. The molecular formula is C11H17N3O8. The summed E-state index contributed by atoms with van der Waals surface area (Å²) in [4.78, 5) is 54.9. The first-order chi connectivity index (χ1) is 9.95. The van der Waals surface area contributed by atoms with Crippen LogP contribution in [0, 0.1) is 0 Å². The van der Waals surface area contributed by atoms with Gasteiger partial charge in [0, 0.05) is 6.92 Å². The number of hydrogen-bond acceptors (Lipinski definition) is 6. The number of aliphatic hydroxyl groups is 1. The molecule has 0 saturated carbocycles. The van der Waals surface area contributed by atoms with Crippen molar-refractivity contribution < 1.29 is 39.3 Å². The lowest BCUT2D eigenvalue weighted by Crippen LogP contribution is -2.58. The Morgan fingerprint density at radius 1 is 1.14 bits per heavy atom. The Labute approximate surface area is 124 Å². The van der Waals surface area contributed by atoms with Gasteiger partial charge in [-0.25, -0.2) is 4.79 Å². The number of carbonyl (C=O) groups excluding carboxylic acids is 3. The molecule has 124 valence electrons. The lowest BCUT2D eigenvalue weighted by molar-refractivity contribution is -0.148. The number of rotatable bonds is 8. The van der Waals surface area contributed by atoms with Crippen LogP contribution in [0.25, 0.3) is 0 Å². The molecule has 0 unspecified atom stereocenters. The molecule has 3 amide bonds. The highest BCUT2D eigenvalue weighted by Gasteiger charge is 2.31. The monoisotopic (exact) mass is 319 g/mol. The third-order valence-corrected chi connectivity index (χ3v) is 2.28. The first-order valence-electron chi connectivity index (χ1n) is 5.99. The highest BCUT2D eigenvalue weighted by atomic mass is 16.4. The molecule has 0 aliphatic rings. The topological polar surface area (TPSA) is 182 Å². The van der Waals surface area contributed by atoms with Crippen molar-refractivity contribution in [2.45, 2.75) is 32.0 Å². The van der Waals surface area contributed by atoms with E-state index in [1.165, 1.54) is 0 Å².